The van der Waals surface area contributed by atoms with Crippen LogP contribution in [0.3, 0.4) is 0 Å². The third-order valence-electron chi connectivity index (χ3n) is 4.23. The summed E-state index contributed by atoms with van der Waals surface area (Å²) < 4.78 is 35.2. The van der Waals surface area contributed by atoms with Gasteiger partial charge in [0.05, 0.1) is 12.6 Å². The Labute approximate surface area is 161 Å². The second-order valence-electron chi connectivity index (χ2n) is 6.18. The number of carbonyl (C=O) groups excluding carboxylic acids is 1. The van der Waals surface area contributed by atoms with E-state index >= 15 is 0 Å². The van der Waals surface area contributed by atoms with E-state index in [9.17, 15) is 13.6 Å². The Kier molecular flexibility index (Phi) is 6.95. The average Bonchev–Trinajstić information content (AvgIpc) is 3.34. The van der Waals surface area contributed by atoms with Crippen LogP contribution in [-0.2, 0) is 16.1 Å². The van der Waals surface area contributed by atoms with Crippen molar-refractivity contribution in [2.45, 2.75) is 32.1 Å². The number of ether oxygens (including phenoxy) is 2. The second kappa shape index (κ2) is 9.62. The summed E-state index contributed by atoms with van der Waals surface area (Å²) in [5.74, 6) is -0.147. The van der Waals surface area contributed by atoms with E-state index in [1.165, 1.54) is 18.2 Å². The minimum Gasteiger partial charge on any atom is -0.434 e. The molecule has 1 unspecified atom stereocenters. The molecule has 144 valence electrons. The Morgan fingerprint density at radius 1 is 1.33 bits per heavy atom. The summed E-state index contributed by atoms with van der Waals surface area (Å²) in [7, 11) is 0. The van der Waals surface area contributed by atoms with E-state index in [4.69, 9.17) is 4.74 Å². The van der Waals surface area contributed by atoms with Crippen LogP contribution in [0.1, 0.15) is 23.3 Å². The molecular weight excluding hydrogens is 372 g/mol. The fourth-order valence-corrected chi connectivity index (χ4v) is 3.66. The smallest absolute Gasteiger partial charge is 0.387 e. The maximum Gasteiger partial charge on any atom is 0.387 e. The van der Waals surface area contributed by atoms with Crippen LogP contribution in [-0.4, -0.2) is 36.7 Å². The molecule has 1 aromatic carbocycles. The SMILES string of the molecule is O=C(/C=C/c1ccccc1OC(F)F)N(Cc1cccs1)CC1CCCO1. The van der Waals surface area contributed by atoms with Crippen molar-refractivity contribution in [1.29, 1.82) is 0 Å². The van der Waals surface area contributed by atoms with Crippen LogP contribution in [0.5, 0.6) is 5.75 Å². The number of thiophene rings is 1. The largest absolute Gasteiger partial charge is 0.434 e. The third kappa shape index (κ3) is 5.87. The van der Waals surface area contributed by atoms with Gasteiger partial charge in [-0.05, 0) is 36.4 Å². The standard InChI is InChI=1S/C20H21F2NO3S/c21-20(22)26-18-8-2-1-5-15(18)9-10-19(24)23(13-16-6-3-11-25-16)14-17-7-4-12-27-17/h1-2,4-5,7-10,12,16,20H,3,6,11,13-14H2/b10-9+. The summed E-state index contributed by atoms with van der Waals surface area (Å²) in [5, 5.41) is 1.97. The lowest BCUT2D eigenvalue weighted by atomic mass is 10.1. The number of nitrogens with zero attached hydrogens (tertiary/aromatic N) is 1. The van der Waals surface area contributed by atoms with Gasteiger partial charge >= 0.3 is 6.61 Å². The highest BCUT2D eigenvalue weighted by Gasteiger charge is 2.22. The van der Waals surface area contributed by atoms with E-state index in [0.29, 0.717) is 18.7 Å². The predicted octanol–water partition coefficient (Wildman–Crippen LogP) is 4.57. The minimum atomic E-state index is -2.91. The van der Waals surface area contributed by atoms with Crippen molar-refractivity contribution in [2.75, 3.05) is 13.2 Å². The van der Waals surface area contributed by atoms with Gasteiger partial charge in [0.1, 0.15) is 5.75 Å². The maximum atomic E-state index is 12.8. The van der Waals surface area contributed by atoms with Gasteiger partial charge in [0, 0.05) is 29.7 Å². The Hall–Kier alpha value is -2.25. The van der Waals surface area contributed by atoms with Gasteiger partial charge in [-0.3, -0.25) is 4.79 Å². The van der Waals surface area contributed by atoms with E-state index in [2.05, 4.69) is 4.74 Å². The molecule has 0 bridgehead atoms. The molecule has 0 radical (unpaired) electrons. The first-order valence-corrected chi connectivity index (χ1v) is 9.64. The molecule has 1 amide bonds. The zero-order valence-electron chi connectivity index (χ0n) is 14.7. The van der Waals surface area contributed by atoms with Gasteiger partial charge in [0.25, 0.3) is 0 Å². The first kappa shape index (κ1) is 19.5. The molecule has 2 aromatic rings. The third-order valence-corrected chi connectivity index (χ3v) is 5.09. The Morgan fingerprint density at radius 3 is 2.89 bits per heavy atom. The van der Waals surface area contributed by atoms with Crippen molar-refractivity contribution in [3.63, 3.8) is 0 Å². The van der Waals surface area contributed by atoms with Gasteiger partial charge < -0.3 is 14.4 Å². The number of alkyl halides is 2. The number of hydrogen-bond donors (Lipinski definition) is 0. The second-order valence-corrected chi connectivity index (χ2v) is 7.22. The van der Waals surface area contributed by atoms with E-state index in [1.54, 1.807) is 34.4 Å². The number of halogens is 2. The van der Waals surface area contributed by atoms with Gasteiger partial charge in [-0.2, -0.15) is 8.78 Å². The van der Waals surface area contributed by atoms with Gasteiger partial charge in [-0.25, -0.2) is 0 Å². The highest BCUT2D eigenvalue weighted by Crippen LogP contribution is 2.22. The molecule has 27 heavy (non-hydrogen) atoms. The number of benzene rings is 1. The summed E-state index contributed by atoms with van der Waals surface area (Å²) in [6.45, 7) is -1.18. The van der Waals surface area contributed by atoms with Crippen molar-refractivity contribution in [3.05, 3.63) is 58.3 Å². The Bertz CT molecular complexity index is 758. The Morgan fingerprint density at radius 2 is 2.19 bits per heavy atom. The fraction of sp³-hybridized carbons (Fsp3) is 0.350. The summed E-state index contributed by atoms with van der Waals surface area (Å²) in [6, 6.07) is 10.3. The molecule has 0 N–H and O–H groups in total. The first-order valence-electron chi connectivity index (χ1n) is 8.76. The highest BCUT2D eigenvalue weighted by molar-refractivity contribution is 7.09. The molecule has 1 aliphatic heterocycles. The van der Waals surface area contributed by atoms with Crippen LogP contribution < -0.4 is 4.74 Å². The average molecular weight is 393 g/mol. The zero-order chi connectivity index (χ0) is 19.1. The number of carbonyl (C=O) groups is 1. The van der Waals surface area contributed by atoms with Crippen molar-refractivity contribution in [1.82, 2.24) is 4.90 Å². The lowest BCUT2D eigenvalue weighted by Crippen LogP contribution is -2.35. The quantitative estimate of drug-likeness (QED) is 0.617. The number of para-hydroxylation sites is 1. The van der Waals surface area contributed by atoms with E-state index in [-0.39, 0.29) is 17.8 Å². The van der Waals surface area contributed by atoms with Crippen LogP contribution in [0, 0.1) is 0 Å². The van der Waals surface area contributed by atoms with Gasteiger partial charge in [-0.15, -0.1) is 11.3 Å². The molecular formula is C20H21F2NO3S. The fourth-order valence-electron chi connectivity index (χ4n) is 2.95. The van der Waals surface area contributed by atoms with Crippen molar-refractivity contribution >= 4 is 23.3 Å². The molecule has 2 heterocycles. The maximum absolute atomic E-state index is 12.8. The van der Waals surface area contributed by atoms with Crippen molar-refractivity contribution < 1.29 is 23.0 Å². The molecule has 1 saturated heterocycles. The summed E-state index contributed by atoms with van der Waals surface area (Å²) in [4.78, 5) is 15.6. The van der Waals surface area contributed by atoms with Crippen molar-refractivity contribution in [3.8, 4) is 5.75 Å². The lowest BCUT2D eigenvalue weighted by molar-refractivity contribution is -0.128. The molecule has 1 aliphatic rings. The first-order chi connectivity index (χ1) is 13.1. The summed E-state index contributed by atoms with van der Waals surface area (Å²) >= 11 is 1.59. The van der Waals surface area contributed by atoms with Crippen LogP contribution in [0.2, 0.25) is 0 Å². The molecule has 1 aromatic heterocycles. The molecule has 4 nitrogen and oxygen atoms in total. The molecule has 0 aliphatic carbocycles. The van der Waals surface area contributed by atoms with Crippen molar-refractivity contribution in [2.24, 2.45) is 0 Å². The molecule has 3 rings (SSSR count). The normalized spacial score (nSPS) is 16.9. The number of amides is 1. The highest BCUT2D eigenvalue weighted by atomic mass is 32.1. The molecule has 0 saturated carbocycles. The minimum absolute atomic E-state index is 0.0387. The molecule has 0 spiro atoms. The zero-order valence-corrected chi connectivity index (χ0v) is 15.5. The van der Waals surface area contributed by atoms with Gasteiger partial charge in [0.15, 0.2) is 0 Å². The summed E-state index contributed by atoms with van der Waals surface area (Å²) in [5.41, 5.74) is 0.430. The predicted molar refractivity (Wildman–Crippen MR) is 101 cm³/mol. The number of hydrogen-bond acceptors (Lipinski definition) is 4. The van der Waals surface area contributed by atoms with Crippen LogP contribution in [0.15, 0.2) is 47.9 Å². The van der Waals surface area contributed by atoms with Gasteiger partial charge in [0.2, 0.25) is 5.91 Å². The number of rotatable bonds is 8. The monoisotopic (exact) mass is 393 g/mol. The molecule has 1 fully saturated rings. The Balaban J connectivity index is 1.72. The summed E-state index contributed by atoms with van der Waals surface area (Å²) in [6.07, 6.45) is 4.88. The topological polar surface area (TPSA) is 38.8 Å². The lowest BCUT2D eigenvalue weighted by Gasteiger charge is -2.24. The van der Waals surface area contributed by atoms with E-state index < -0.39 is 6.61 Å². The van der Waals surface area contributed by atoms with Crippen LogP contribution in [0.4, 0.5) is 8.78 Å². The van der Waals surface area contributed by atoms with Gasteiger partial charge in [-0.1, -0.05) is 24.3 Å². The van der Waals surface area contributed by atoms with E-state index in [0.717, 1.165) is 24.3 Å². The molecule has 7 heteroatoms. The molecule has 1 atom stereocenters. The van der Waals surface area contributed by atoms with Crippen LogP contribution >= 0.6 is 11.3 Å². The van der Waals surface area contributed by atoms with E-state index in [1.807, 2.05) is 17.5 Å². The van der Waals surface area contributed by atoms with Crippen LogP contribution in [0.25, 0.3) is 6.08 Å².